The number of amides is 3. The lowest BCUT2D eigenvalue weighted by Gasteiger charge is -2.26. The summed E-state index contributed by atoms with van der Waals surface area (Å²) in [6, 6.07) is 7.26. The monoisotopic (exact) mass is 327 g/mol. The van der Waals surface area contributed by atoms with Crippen molar-refractivity contribution in [2.45, 2.75) is 31.9 Å². The molecule has 0 unspecified atom stereocenters. The first kappa shape index (κ1) is 15.2. The van der Waals surface area contributed by atoms with Gasteiger partial charge in [-0.2, -0.15) is 0 Å². The van der Waals surface area contributed by atoms with Crippen molar-refractivity contribution in [2.24, 2.45) is 0 Å². The van der Waals surface area contributed by atoms with Crippen LogP contribution in [0.5, 0.6) is 0 Å². The minimum Gasteiger partial charge on any atom is -0.376 e. The highest BCUT2D eigenvalue weighted by Crippen LogP contribution is 2.33. The van der Waals surface area contributed by atoms with E-state index in [-0.39, 0.29) is 18.0 Å². The fourth-order valence-electron chi connectivity index (χ4n) is 3.71. The van der Waals surface area contributed by atoms with Gasteiger partial charge in [0.2, 0.25) is 0 Å². The molecular weight excluding hydrogens is 306 g/mol. The zero-order valence-corrected chi connectivity index (χ0v) is 13.7. The number of urea groups is 1. The van der Waals surface area contributed by atoms with E-state index in [1.807, 2.05) is 31.2 Å². The molecule has 6 nitrogen and oxygen atoms in total. The molecule has 1 saturated heterocycles. The van der Waals surface area contributed by atoms with E-state index in [0.717, 1.165) is 30.6 Å². The van der Waals surface area contributed by atoms with Crippen molar-refractivity contribution in [2.75, 3.05) is 19.7 Å². The Bertz CT molecular complexity index is 722. The van der Waals surface area contributed by atoms with E-state index >= 15 is 0 Å². The third-order valence-electron chi connectivity index (χ3n) is 4.84. The lowest BCUT2D eigenvalue weighted by atomic mass is 9.95. The third kappa shape index (κ3) is 2.67. The van der Waals surface area contributed by atoms with Crippen molar-refractivity contribution in [1.29, 1.82) is 0 Å². The summed E-state index contributed by atoms with van der Waals surface area (Å²) in [4.78, 5) is 26.7. The number of hydrogen-bond acceptors (Lipinski definition) is 3. The normalized spacial score (nSPS) is 26.5. The highest BCUT2D eigenvalue weighted by atomic mass is 16.5. The van der Waals surface area contributed by atoms with Crippen molar-refractivity contribution in [3.8, 4) is 0 Å². The van der Waals surface area contributed by atoms with E-state index in [1.165, 1.54) is 0 Å². The second kappa shape index (κ2) is 5.94. The Morgan fingerprint density at radius 1 is 1.33 bits per heavy atom. The van der Waals surface area contributed by atoms with Crippen molar-refractivity contribution in [3.63, 3.8) is 0 Å². The minimum atomic E-state index is -0.393. The highest BCUT2D eigenvalue weighted by Gasteiger charge is 2.41. The van der Waals surface area contributed by atoms with Gasteiger partial charge in [0, 0.05) is 13.2 Å². The summed E-state index contributed by atoms with van der Waals surface area (Å²) in [6.07, 6.45) is 2.14. The Balaban J connectivity index is 1.61. The molecule has 2 atom stereocenters. The van der Waals surface area contributed by atoms with Gasteiger partial charge in [0.15, 0.2) is 0 Å². The van der Waals surface area contributed by atoms with Gasteiger partial charge in [-0.25, -0.2) is 4.79 Å². The lowest BCUT2D eigenvalue weighted by molar-refractivity contribution is -0.127. The average Bonchev–Trinajstić information content (AvgIpc) is 3.16. The van der Waals surface area contributed by atoms with Crippen LogP contribution in [0.1, 0.15) is 30.0 Å². The summed E-state index contributed by atoms with van der Waals surface area (Å²) < 4.78 is 5.65. The number of hydrogen-bond donors (Lipinski definition) is 2. The number of benzene rings is 1. The van der Waals surface area contributed by atoms with Gasteiger partial charge in [-0.05, 0) is 25.3 Å². The summed E-state index contributed by atoms with van der Waals surface area (Å²) in [5.41, 5.74) is 3.40. The first-order valence-electron chi connectivity index (χ1n) is 8.40. The van der Waals surface area contributed by atoms with Gasteiger partial charge in [0.1, 0.15) is 0 Å². The van der Waals surface area contributed by atoms with Crippen LogP contribution in [0.3, 0.4) is 0 Å². The molecule has 3 amide bonds. The van der Waals surface area contributed by atoms with Gasteiger partial charge in [-0.3, -0.25) is 4.79 Å². The van der Waals surface area contributed by atoms with Crippen LogP contribution in [0, 0.1) is 6.92 Å². The van der Waals surface area contributed by atoms with Crippen LogP contribution in [-0.2, 0) is 9.53 Å². The molecule has 126 valence electrons. The molecule has 3 heterocycles. The maximum atomic E-state index is 12.9. The summed E-state index contributed by atoms with van der Waals surface area (Å²) in [7, 11) is 0. The summed E-state index contributed by atoms with van der Waals surface area (Å²) >= 11 is 0. The van der Waals surface area contributed by atoms with Crippen LogP contribution in [-0.4, -0.2) is 42.6 Å². The average molecular weight is 327 g/mol. The highest BCUT2D eigenvalue weighted by molar-refractivity contribution is 6.01. The minimum absolute atomic E-state index is 0.0143. The van der Waals surface area contributed by atoms with E-state index in [4.69, 9.17) is 4.74 Å². The molecule has 1 fully saturated rings. The van der Waals surface area contributed by atoms with Crippen molar-refractivity contribution in [1.82, 2.24) is 15.5 Å². The van der Waals surface area contributed by atoms with Crippen LogP contribution in [0.2, 0.25) is 0 Å². The van der Waals surface area contributed by atoms with Crippen molar-refractivity contribution in [3.05, 3.63) is 46.7 Å². The second-order valence-electron chi connectivity index (χ2n) is 6.66. The Kier molecular flexibility index (Phi) is 3.76. The maximum Gasteiger partial charge on any atom is 0.319 e. The largest absolute Gasteiger partial charge is 0.376 e. The number of ether oxygens (including phenoxy) is 1. The van der Waals surface area contributed by atoms with Gasteiger partial charge in [0.25, 0.3) is 5.91 Å². The fourth-order valence-corrected chi connectivity index (χ4v) is 3.71. The second-order valence-corrected chi connectivity index (χ2v) is 6.66. The number of nitrogens with zero attached hydrogens (tertiary/aromatic N) is 1. The first-order chi connectivity index (χ1) is 11.6. The van der Waals surface area contributed by atoms with E-state index < -0.39 is 6.04 Å². The Morgan fingerprint density at radius 2 is 2.21 bits per heavy atom. The smallest absolute Gasteiger partial charge is 0.319 e. The van der Waals surface area contributed by atoms with Gasteiger partial charge in [-0.1, -0.05) is 29.8 Å². The number of carbonyl (C=O) groups excluding carboxylic acids is 2. The predicted octanol–water partition coefficient (Wildman–Crippen LogP) is 1.62. The van der Waals surface area contributed by atoms with E-state index in [9.17, 15) is 9.59 Å². The zero-order chi connectivity index (χ0) is 16.7. The topological polar surface area (TPSA) is 70.7 Å². The van der Waals surface area contributed by atoms with E-state index in [0.29, 0.717) is 24.4 Å². The summed E-state index contributed by atoms with van der Waals surface area (Å²) in [5.74, 6) is -0.0143. The molecule has 4 rings (SSSR count). The van der Waals surface area contributed by atoms with Crippen LogP contribution in [0.15, 0.2) is 35.5 Å². The standard InChI is InChI=1S/C18H21N3O3/c1-11-4-2-5-12(8-11)16-15-14(19-18(23)20-16)10-21(17(15)22)9-13-6-3-7-24-13/h2,4-5,8,13,16H,3,6-7,9-10H2,1H3,(H2,19,20,23)/t13-,16-/m1/s1. The van der Waals surface area contributed by atoms with Gasteiger partial charge < -0.3 is 20.3 Å². The van der Waals surface area contributed by atoms with E-state index in [1.54, 1.807) is 4.90 Å². The molecule has 0 aliphatic carbocycles. The summed E-state index contributed by atoms with van der Waals surface area (Å²) in [5, 5.41) is 5.69. The molecule has 0 saturated carbocycles. The Hall–Kier alpha value is -2.34. The predicted molar refractivity (Wildman–Crippen MR) is 88.2 cm³/mol. The molecule has 2 N–H and O–H groups in total. The maximum absolute atomic E-state index is 12.9. The van der Waals surface area contributed by atoms with Gasteiger partial charge in [0.05, 0.1) is 30.0 Å². The number of nitrogens with one attached hydrogen (secondary N) is 2. The number of carbonyl (C=O) groups is 2. The first-order valence-corrected chi connectivity index (χ1v) is 8.40. The summed E-state index contributed by atoms with van der Waals surface area (Å²) in [6.45, 7) is 3.80. The van der Waals surface area contributed by atoms with Crippen LogP contribution in [0.25, 0.3) is 0 Å². The van der Waals surface area contributed by atoms with Crippen molar-refractivity contribution >= 4 is 11.9 Å². The van der Waals surface area contributed by atoms with Crippen LogP contribution >= 0.6 is 0 Å². The molecule has 1 aromatic carbocycles. The molecule has 3 aliphatic rings. The molecule has 0 aromatic heterocycles. The van der Waals surface area contributed by atoms with Crippen molar-refractivity contribution < 1.29 is 14.3 Å². The SMILES string of the molecule is Cc1cccc([C@H]2NC(=O)NC3=C2C(=O)N(C[C@H]2CCCO2)C3)c1. The lowest BCUT2D eigenvalue weighted by Crippen LogP contribution is -2.44. The molecule has 6 heteroatoms. The van der Waals surface area contributed by atoms with Crippen LogP contribution < -0.4 is 10.6 Å². The molecular formula is C18H21N3O3. The molecule has 3 aliphatic heterocycles. The number of aryl methyl sites for hydroxylation is 1. The fraction of sp³-hybridized carbons (Fsp3) is 0.444. The van der Waals surface area contributed by atoms with Gasteiger partial charge in [-0.15, -0.1) is 0 Å². The molecule has 0 bridgehead atoms. The Morgan fingerprint density at radius 3 is 2.96 bits per heavy atom. The molecule has 24 heavy (non-hydrogen) atoms. The van der Waals surface area contributed by atoms with Crippen LogP contribution in [0.4, 0.5) is 4.79 Å². The quantitative estimate of drug-likeness (QED) is 0.886. The van der Waals surface area contributed by atoms with E-state index in [2.05, 4.69) is 10.6 Å². The Labute approximate surface area is 140 Å². The van der Waals surface area contributed by atoms with Gasteiger partial charge >= 0.3 is 6.03 Å². The molecule has 1 aromatic rings. The molecule has 0 radical (unpaired) electrons. The number of rotatable bonds is 3. The zero-order valence-electron chi connectivity index (χ0n) is 13.7. The molecule has 0 spiro atoms. The third-order valence-corrected chi connectivity index (χ3v) is 4.84.